The van der Waals surface area contributed by atoms with E-state index in [0.717, 1.165) is 83.0 Å². The smallest absolute Gasteiger partial charge is 0.272 e. The lowest BCUT2D eigenvalue weighted by Crippen LogP contribution is -2.57. The summed E-state index contributed by atoms with van der Waals surface area (Å²) in [6.07, 6.45) is 8.19. The molecule has 3 N–H and O–H groups in total. The van der Waals surface area contributed by atoms with Crippen molar-refractivity contribution in [2.75, 3.05) is 47.1 Å². The van der Waals surface area contributed by atoms with Crippen LogP contribution in [0.4, 0.5) is 27.3 Å². The van der Waals surface area contributed by atoms with Crippen LogP contribution in [0.5, 0.6) is 0 Å². The van der Waals surface area contributed by atoms with Crippen molar-refractivity contribution in [1.82, 2.24) is 9.97 Å². The minimum atomic E-state index is -0.261. The number of halogens is 1. The molecule has 0 aliphatic carbocycles. The van der Waals surface area contributed by atoms with E-state index in [1.165, 1.54) is 31.7 Å². The van der Waals surface area contributed by atoms with Crippen LogP contribution in [0.2, 0.25) is 0 Å². The lowest BCUT2D eigenvalue weighted by Gasteiger charge is -2.51. The van der Waals surface area contributed by atoms with Crippen molar-refractivity contribution in [3.8, 4) is 11.3 Å². The number of rotatable bonds is 10. The molecule has 1 fully saturated rings. The molecule has 10 heteroatoms. The topological polar surface area (TPSA) is 110 Å². The van der Waals surface area contributed by atoms with Crippen molar-refractivity contribution in [3.05, 3.63) is 124 Å². The molecule has 2 aliphatic heterocycles. The highest BCUT2D eigenvalue weighted by atomic mass is 19.1. The maximum atomic E-state index is 13.7. The van der Waals surface area contributed by atoms with Crippen LogP contribution < -0.4 is 20.4 Å². The second kappa shape index (κ2) is 16.7. The van der Waals surface area contributed by atoms with Crippen molar-refractivity contribution in [2.45, 2.75) is 66.7 Å². The number of anilines is 4. The van der Waals surface area contributed by atoms with Crippen molar-refractivity contribution in [2.24, 2.45) is 5.41 Å². The molecule has 0 saturated carbocycles. The predicted molar refractivity (Wildman–Crippen MR) is 220 cm³/mol. The highest BCUT2D eigenvalue weighted by Crippen LogP contribution is 2.42. The molecule has 4 heterocycles. The number of aromatic amines is 1. The molecule has 0 bridgehead atoms. The summed E-state index contributed by atoms with van der Waals surface area (Å²) in [4.78, 5) is 48.7. The third-order valence-corrected chi connectivity index (χ3v) is 10.7. The number of aryl methyl sites for hydroxylation is 3. The number of H-pyrrole nitrogens is 1. The molecule has 1 saturated heterocycles. The number of para-hydroxylation sites is 1. The van der Waals surface area contributed by atoms with Gasteiger partial charge in [0.15, 0.2) is 0 Å². The summed E-state index contributed by atoms with van der Waals surface area (Å²) in [5.74, 6) is 0.157. The molecule has 2 aliphatic rings. The van der Waals surface area contributed by atoms with Crippen LogP contribution in [0.1, 0.15) is 93.0 Å². The summed E-state index contributed by atoms with van der Waals surface area (Å²) in [6.45, 7) is 13.1. The van der Waals surface area contributed by atoms with E-state index in [-0.39, 0.29) is 17.6 Å². The number of carbonyl (C=O) groups excluding carboxylic acids is 3. The Labute approximate surface area is 323 Å². The monoisotopic (exact) mass is 742 g/mol. The van der Waals surface area contributed by atoms with E-state index < -0.39 is 0 Å². The number of pyridine rings is 1. The first kappa shape index (κ1) is 38.9. The predicted octanol–water partition coefficient (Wildman–Crippen LogP) is 9.54. The largest absolute Gasteiger partial charge is 0.374 e. The van der Waals surface area contributed by atoms with Gasteiger partial charge in [-0.25, -0.2) is 9.37 Å². The van der Waals surface area contributed by atoms with Crippen LogP contribution >= 0.6 is 0 Å². The number of aldehydes is 1. The first-order valence-corrected chi connectivity index (χ1v) is 19.1. The Balaban J connectivity index is 0.000000187. The molecular formula is C45H51FN6O3. The number of hydrogen-bond donors (Lipinski definition) is 3. The van der Waals surface area contributed by atoms with Gasteiger partial charge < -0.3 is 25.4 Å². The molecular weight excluding hydrogens is 692 g/mol. The second-order valence-corrected chi connectivity index (χ2v) is 15.1. The quantitative estimate of drug-likeness (QED) is 0.123. The van der Waals surface area contributed by atoms with Crippen LogP contribution in [0.25, 0.3) is 11.3 Å². The number of hydrogen-bond acceptors (Lipinski definition) is 6. The van der Waals surface area contributed by atoms with Gasteiger partial charge in [-0.05, 0) is 117 Å². The lowest BCUT2D eigenvalue weighted by atomic mass is 9.72. The maximum absolute atomic E-state index is 13.7. The second-order valence-electron chi connectivity index (χ2n) is 15.1. The zero-order valence-corrected chi connectivity index (χ0v) is 32.7. The van der Waals surface area contributed by atoms with E-state index in [4.69, 9.17) is 0 Å². The SMILES string of the molecule is CCCC1(CCC)CN(c2ncc(C)cc2C(=O)Nc2ccc(C=O)cc2)C1.Cc1cccc(C)c1NC(=O)c1cc2c([nH]1)-c1ccc(F)cc1N(C)CC2. The molecule has 55 heavy (non-hydrogen) atoms. The fourth-order valence-corrected chi connectivity index (χ4v) is 7.93. The molecule has 286 valence electrons. The highest BCUT2D eigenvalue weighted by Gasteiger charge is 2.43. The Kier molecular flexibility index (Phi) is 11.8. The van der Waals surface area contributed by atoms with Gasteiger partial charge in [0.25, 0.3) is 11.8 Å². The number of benzene rings is 3. The summed E-state index contributed by atoms with van der Waals surface area (Å²) in [7, 11) is 1.96. The van der Waals surface area contributed by atoms with Crippen LogP contribution in [-0.2, 0) is 6.42 Å². The molecule has 5 aromatic rings. The number of amides is 2. The van der Waals surface area contributed by atoms with Gasteiger partial charge in [0.2, 0.25) is 0 Å². The molecule has 9 nitrogen and oxygen atoms in total. The van der Waals surface area contributed by atoms with E-state index in [1.54, 1.807) is 36.4 Å². The number of nitrogens with one attached hydrogen (secondary N) is 3. The van der Waals surface area contributed by atoms with Crippen LogP contribution in [0, 0.1) is 32.0 Å². The Morgan fingerprint density at radius 2 is 1.60 bits per heavy atom. The third-order valence-electron chi connectivity index (χ3n) is 10.7. The van der Waals surface area contributed by atoms with Gasteiger partial charge in [0, 0.05) is 66.5 Å². The first-order chi connectivity index (χ1) is 26.4. The molecule has 3 aromatic carbocycles. The lowest BCUT2D eigenvalue weighted by molar-refractivity contribution is 0.101. The fraction of sp³-hybridized carbons (Fsp3) is 0.333. The Morgan fingerprint density at radius 3 is 2.25 bits per heavy atom. The van der Waals surface area contributed by atoms with E-state index in [2.05, 4.69) is 39.3 Å². The molecule has 0 radical (unpaired) electrons. The van der Waals surface area contributed by atoms with Crippen molar-refractivity contribution >= 4 is 41.0 Å². The van der Waals surface area contributed by atoms with Gasteiger partial charge in [-0.15, -0.1) is 0 Å². The average molecular weight is 743 g/mol. The zero-order chi connectivity index (χ0) is 39.3. The van der Waals surface area contributed by atoms with E-state index >= 15 is 0 Å². The number of fused-ring (bicyclic) bond motifs is 3. The normalized spacial score (nSPS) is 14.0. The summed E-state index contributed by atoms with van der Waals surface area (Å²) in [6, 6.07) is 21.4. The maximum Gasteiger partial charge on any atom is 0.272 e. The molecule has 0 atom stereocenters. The third kappa shape index (κ3) is 8.64. The van der Waals surface area contributed by atoms with Crippen LogP contribution in [0.15, 0.2) is 79.0 Å². The molecule has 7 rings (SSSR count). The Bertz CT molecular complexity index is 2160. The number of nitrogens with zero attached hydrogens (tertiary/aromatic N) is 3. The number of likely N-dealkylation sites (N-methyl/N-ethyl adjacent to an activating group) is 1. The highest BCUT2D eigenvalue weighted by molar-refractivity contribution is 6.08. The van der Waals surface area contributed by atoms with Crippen molar-refractivity contribution in [1.29, 1.82) is 0 Å². The minimum Gasteiger partial charge on any atom is -0.374 e. The van der Waals surface area contributed by atoms with Gasteiger partial charge in [-0.3, -0.25) is 14.4 Å². The summed E-state index contributed by atoms with van der Waals surface area (Å²) in [5.41, 5.74) is 10.3. The zero-order valence-electron chi connectivity index (χ0n) is 32.7. The number of carbonyl (C=O) groups is 3. The Hall–Kier alpha value is -5.77. The van der Waals surface area contributed by atoms with Gasteiger partial charge in [-0.1, -0.05) is 44.9 Å². The first-order valence-electron chi connectivity index (χ1n) is 19.1. The van der Waals surface area contributed by atoms with Gasteiger partial charge in [0.1, 0.15) is 23.6 Å². The summed E-state index contributed by atoms with van der Waals surface area (Å²) in [5, 5.41) is 5.95. The molecule has 0 unspecified atom stereocenters. The molecule has 2 aromatic heterocycles. The summed E-state index contributed by atoms with van der Waals surface area (Å²) < 4.78 is 13.7. The summed E-state index contributed by atoms with van der Waals surface area (Å²) >= 11 is 0. The fourth-order valence-electron chi connectivity index (χ4n) is 7.93. The Morgan fingerprint density at radius 1 is 0.909 bits per heavy atom. The van der Waals surface area contributed by atoms with E-state index in [1.807, 2.05) is 69.2 Å². The molecule has 0 spiro atoms. The van der Waals surface area contributed by atoms with E-state index in [9.17, 15) is 18.8 Å². The standard InChI is InChI=1S/C23H29N3O2.C22H22FN3O/c1-4-10-23(11-5-2)15-26(16-23)21-20(12-17(3)13-24-21)22(28)25-19-8-6-18(14-27)7-9-19;1-13-5-4-6-14(2)20(13)25-22(27)18-11-15-9-10-26(3)19-12-16(23)7-8-17(19)21(15)24-18/h6-9,12-14H,4-5,10-11,15-16H2,1-3H3,(H,25,28);4-8,11-12,24H,9-10H2,1-3H3,(H,25,27). The van der Waals surface area contributed by atoms with E-state index in [0.29, 0.717) is 27.9 Å². The minimum absolute atomic E-state index is 0.169. The van der Waals surface area contributed by atoms with Crippen LogP contribution in [-0.4, -0.2) is 54.8 Å². The van der Waals surface area contributed by atoms with Gasteiger partial charge in [0.05, 0.1) is 11.3 Å². The van der Waals surface area contributed by atoms with Crippen LogP contribution in [0.3, 0.4) is 0 Å². The number of aromatic nitrogens is 2. The van der Waals surface area contributed by atoms with Crippen molar-refractivity contribution in [3.63, 3.8) is 0 Å². The van der Waals surface area contributed by atoms with Gasteiger partial charge >= 0.3 is 0 Å². The molecule has 2 amide bonds. The van der Waals surface area contributed by atoms with Gasteiger partial charge in [-0.2, -0.15) is 0 Å². The average Bonchev–Trinajstić information content (AvgIpc) is 3.54. The van der Waals surface area contributed by atoms with Crippen molar-refractivity contribution < 1.29 is 18.8 Å².